The number of nitrogens with one attached hydrogen (secondary N) is 1. The van der Waals surface area contributed by atoms with E-state index in [1.54, 1.807) is 0 Å². The zero-order valence-electron chi connectivity index (χ0n) is 12.3. The minimum Gasteiger partial charge on any atom is -0.319 e. The molecule has 1 aromatic carbocycles. The van der Waals surface area contributed by atoms with E-state index in [4.69, 9.17) is 0 Å². The minimum absolute atomic E-state index is 0.131. The normalized spacial score (nSPS) is 26.4. The Hall–Kier alpha value is -1.88. The largest absolute Gasteiger partial charge is 0.326 e. The Morgan fingerprint density at radius 3 is 2.43 bits per heavy atom. The van der Waals surface area contributed by atoms with E-state index in [1.807, 2.05) is 37.3 Å². The molecule has 0 spiro atoms. The highest BCUT2D eigenvalue weighted by atomic mass is 16.2. The summed E-state index contributed by atoms with van der Waals surface area (Å²) >= 11 is 0. The summed E-state index contributed by atoms with van der Waals surface area (Å²) in [7, 11) is 0. The van der Waals surface area contributed by atoms with Crippen LogP contribution < -0.4 is 5.32 Å². The summed E-state index contributed by atoms with van der Waals surface area (Å²) < 4.78 is 0. The van der Waals surface area contributed by atoms with Crippen LogP contribution in [0.2, 0.25) is 0 Å². The first-order valence-electron chi connectivity index (χ1n) is 7.59. The van der Waals surface area contributed by atoms with Crippen molar-refractivity contribution in [2.45, 2.75) is 31.7 Å². The lowest BCUT2D eigenvalue weighted by Crippen LogP contribution is -2.44. The Morgan fingerprint density at radius 2 is 1.81 bits per heavy atom. The van der Waals surface area contributed by atoms with Crippen molar-refractivity contribution in [2.24, 2.45) is 0 Å². The second-order valence-electron chi connectivity index (χ2n) is 5.75. The molecule has 0 unspecified atom stereocenters. The Balaban J connectivity index is 1.87. The average Bonchev–Trinajstić information content (AvgIpc) is 3.11. The van der Waals surface area contributed by atoms with Crippen molar-refractivity contribution in [1.82, 2.24) is 15.1 Å². The standard InChI is InChI=1S/C16H21N3O2/c1-2-16(13-8-4-3-5-9-13)14(20)19(15(21)17-16)12-18-10-6-7-11-18/h3-5,8-9H,2,6-7,10-12H2,1H3,(H,17,21)/t16-/m1/s1. The number of urea groups is 1. The molecule has 112 valence electrons. The first kappa shape index (κ1) is 14.1. The van der Waals surface area contributed by atoms with Crippen LogP contribution in [-0.2, 0) is 10.3 Å². The maximum Gasteiger partial charge on any atom is 0.326 e. The minimum atomic E-state index is -0.905. The van der Waals surface area contributed by atoms with Gasteiger partial charge in [0.1, 0.15) is 5.54 Å². The van der Waals surface area contributed by atoms with E-state index in [9.17, 15) is 9.59 Å². The van der Waals surface area contributed by atoms with E-state index in [0.717, 1.165) is 31.5 Å². The third-order valence-electron chi connectivity index (χ3n) is 4.51. The maximum absolute atomic E-state index is 12.9. The van der Waals surface area contributed by atoms with Gasteiger partial charge in [0.05, 0.1) is 6.67 Å². The molecule has 0 radical (unpaired) electrons. The molecule has 5 heteroatoms. The number of hydrogen-bond acceptors (Lipinski definition) is 3. The Morgan fingerprint density at radius 1 is 1.14 bits per heavy atom. The van der Waals surface area contributed by atoms with Gasteiger partial charge in [-0.15, -0.1) is 0 Å². The molecule has 1 aromatic rings. The van der Waals surface area contributed by atoms with Crippen LogP contribution in [0.1, 0.15) is 31.7 Å². The fraction of sp³-hybridized carbons (Fsp3) is 0.500. The molecule has 0 saturated carbocycles. The summed E-state index contributed by atoms with van der Waals surface area (Å²) in [6.45, 7) is 4.26. The molecule has 0 aliphatic carbocycles. The van der Waals surface area contributed by atoms with Gasteiger partial charge < -0.3 is 5.32 Å². The van der Waals surface area contributed by atoms with Crippen molar-refractivity contribution in [3.63, 3.8) is 0 Å². The number of likely N-dealkylation sites (tertiary alicyclic amines) is 1. The summed E-state index contributed by atoms with van der Waals surface area (Å²) in [5.41, 5.74) is -0.0484. The molecule has 2 saturated heterocycles. The van der Waals surface area contributed by atoms with Crippen molar-refractivity contribution in [1.29, 1.82) is 0 Å². The van der Waals surface area contributed by atoms with E-state index in [-0.39, 0.29) is 11.9 Å². The highest BCUT2D eigenvalue weighted by Crippen LogP contribution is 2.32. The van der Waals surface area contributed by atoms with Crippen LogP contribution in [0.25, 0.3) is 0 Å². The van der Waals surface area contributed by atoms with Gasteiger partial charge in [-0.1, -0.05) is 37.3 Å². The first-order chi connectivity index (χ1) is 10.2. The predicted molar refractivity (Wildman–Crippen MR) is 79.5 cm³/mol. The van der Waals surface area contributed by atoms with Crippen molar-refractivity contribution in [3.05, 3.63) is 35.9 Å². The summed E-state index contributed by atoms with van der Waals surface area (Å²) in [6.07, 6.45) is 2.83. The Labute approximate surface area is 124 Å². The SMILES string of the molecule is CC[C@]1(c2ccccc2)NC(=O)N(CN2CCCC2)C1=O. The Kier molecular flexibility index (Phi) is 3.68. The molecular formula is C16H21N3O2. The van der Waals surface area contributed by atoms with Crippen LogP contribution in [0.5, 0.6) is 0 Å². The number of carbonyl (C=O) groups excluding carboxylic acids is 2. The molecule has 0 aromatic heterocycles. The quantitative estimate of drug-likeness (QED) is 0.861. The number of nitrogens with zero attached hydrogens (tertiary/aromatic N) is 2. The lowest BCUT2D eigenvalue weighted by Gasteiger charge is -2.26. The molecular weight excluding hydrogens is 266 g/mol. The summed E-state index contributed by atoms with van der Waals surface area (Å²) in [5.74, 6) is -0.131. The zero-order valence-corrected chi connectivity index (χ0v) is 12.3. The fourth-order valence-electron chi connectivity index (χ4n) is 3.24. The summed E-state index contributed by atoms with van der Waals surface area (Å²) in [4.78, 5) is 28.7. The van der Waals surface area contributed by atoms with Gasteiger partial charge in [0.15, 0.2) is 0 Å². The molecule has 21 heavy (non-hydrogen) atoms. The number of rotatable bonds is 4. The number of benzene rings is 1. The van der Waals surface area contributed by atoms with E-state index in [2.05, 4.69) is 10.2 Å². The third-order valence-corrected chi connectivity index (χ3v) is 4.51. The van der Waals surface area contributed by atoms with E-state index < -0.39 is 5.54 Å². The second kappa shape index (κ2) is 5.48. The van der Waals surface area contributed by atoms with Crippen LogP contribution in [0, 0.1) is 0 Å². The van der Waals surface area contributed by atoms with Gasteiger partial charge in [-0.2, -0.15) is 0 Å². The van der Waals surface area contributed by atoms with Crippen molar-refractivity contribution >= 4 is 11.9 Å². The molecule has 0 bridgehead atoms. The van der Waals surface area contributed by atoms with Crippen LogP contribution >= 0.6 is 0 Å². The van der Waals surface area contributed by atoms with Crippen LogP contribution in [-0.4, -0.2) is 41.5 Å². The Bertz CT molecular complexity index is 540. The van der Waals surface area contributed by atoms with Gasteiger partial charge >= 0.3 is 6.03 Å². The van der Waals surface area contributed by atoms with Gasteiger partial charge in [-0.3, -0.25) is 9.69 Å². The van der Waals surface area contributed by atoms with Crippen LogP contribution in [0.4, 0.5) is 4.79 Å². The monoisotopic (exact) mass is 287 g/mol. The molecule has 2 heterocycles. The maximum atomic E-state index is 12.9. The molecule has 5 nitrogen and oxygen atoms in total. The number of imide groups is 1. The summed E-state index contributed by atoms with van der Waals surface area (Å²) in [5, 5.41) is 2.92. The van der Waals surface area contributed by atoms with E-state index in [0.29, 0.717) is 13.1 Å². The average molecular weight is 287 g/mol. The predicted octanol–water partition coefficient (Wildman–Crippen LogP) is 1.90. The number of hydrogen-bond donors (Lipinski definition) is 1. The first-order valence-corrected chi connectivity index (χ1v) is 7.59. The fourth-order valence-corrected chi connectivity index (χ4v) is 3.24. The van der Waals surface area contributed by atoms with E-state index >= 15 is 0 Å². The molecule has 3 amide bonds. The number of amides is 3. The molecule has 1 atom stereocenters. The third kappa shape index (κ3) is 2.31. The molecule has 2 aliphatic rings. The number of carbonyl (C=O) groups is 2. The van der Waals surface area contributed by atoms with Gasteiger partial charge in [0.25, 0.3) is 5.91 Å². The molecule has 2 aliphatic heterocycles. The molecule has 3 rings (SSSR count). The van der Waals surface area contributed by atoms with Gasteiger partial charge in [0, 0.05) is 0 Å². The summed E-state index contributed by atoms with van der Waals surface area (Å²) in [6, 6.07) is 9.24. The zero-order chi connectivity index (χ0) is 14.9. The topological polar surface area (TPSA) is 52.7 Å². The lowest BCUT2D eigenvalue weighted by atomic mass is 9.87. The van der Waals surface area contributed by atoms with Crippen molar-refractivity contribution < 1.29 is 9.59 Å². The van der Waals surface area contributed by atoms with Gasteiger partial charge in [-0.05, 0) is 37.9 Å². The lowest BCUT2D eigenvalue weighted by molar-refractivity contribution is -0.133. The van der Waals surface area contributed by atoms with Crippen molar-refractivity contribution in [2.75, 3.05) is 19.8 Å². The van der Waals surface area contributed by atoms with Crippen LogP contribution in [0.3, 0.4) is 0 Å². The highest BCUT2D eigenvalue weighted by molar-refractivity contribution is 6.07. The second-order valence-corrected chi connectivity index (χ2v) is 5.75. The van der Waals surface area contributed by atoms with E-state index in [1.165, 1.54) is 4.90 Å². The van der Waals surface area contributed by atoms with Gasteiger partial charge in [-0.25, -0.2) is 9.69 Å². The highest BCUT2D eigenvalue weighted by Gasteiger charge is 2.51. The van der Waals surface area contributed by atoms with Gasteiger partial charge in [0.2, 0.25) is 0 Å². The molecule has 1 N–H and O–H groups in total. The van der Waals surface area contributed by atoms with Crippen LogP contribution in [0.15, 0.2) is 30.3 Å². The molecule has 2 fully saturated rings. The van der Waals surface area contributed by atoms with Crippen molar-refractivity contribution in [3.8, 4) is 0 Å². The smallest absolute Gasteiger partial charge is 0.319 e.